The Bertz CT molecular complexity index is 503. The van der Waals surface area contributed by atoms with Crippen LogP contribution in [0.15, 0.2) is 34.9 Å². The first-order chi connectivity index (χ1) is 7.91. The number of fused-ring (bicyclic) bond motifs is 1. The van der Waals surface area contributed by atoms with E-state index < -0.39 is 16.2 Å². The van der Waals surface area contributed by atoms with Crippen LogP contribution in [0.1, 0.15) is 22.3 Å². The van der Waals surface area contributed by atoms with E-state index in [1.54, 1.807) is 24.3 Å². The molecule has 1 aliphatic rings. The Morgan fingerprint density at radius 2 is 1.88 bits per heavy atom. The number of hydrogen-bond donors (Lipinski definition) is 0. The highest BCUT2D eigenvalue weighted by Gasteiger charge is 2.36. The molecule has 0 aliphatic heterocycles. The number of halogens is 4. The monoisotopic (exact) mass is 276 g/mol. The van der Waals surface area contributed by atoms with Crippen molar-refractivity contribution >= 4 is 29.0 Å². The molecule has 1 aromatic rings. The smallest absolute Gasteiger partial charge is 0.289 e. The fraction of sp³-hybridized carbons (Fsp3) is 0.250. The molecule has 0 aromatic heterocycles. The van der Waals surface area contributed by atoms with E-state index in [1.165, 1.54) is 0 Å². The van der Waals surface area contributed by atoms with Crippen LogP contribution in [-0.2, 0) is 6.42 Å². The summed E-state index contributed by atoms with van der Waals surface area (Å²) in [5, 5.41) is -4.54. The highest BCUT2D eigenvalue weighted by atomic mass is 35.5. The van der Waals surface area contributed by atoms with Crippen molar-refractivity contribution in [2.24, 2.45) is 0 Å². The van der Waals surface area contributed by atoms with E-state index in [9.17, 15) is 13.6 Å². The number of ketones is 1. The predicted octanol–water partition coefficient (Wildman–Crippen LogP) is 4.14. The van der Waals surface area contributed by atoms with Crippen molar-refractivity contribution in [3.05, 3.63) is 46.0 Å². The van der Waals surface area contributed by atoms with Gasteiger partial charge in [0.2, 0.25) is 0 Å². The maximum Gasteiger partial charge on any atom is 0.358 e. The van der Waals surface area contributed by atoms with E-state index in [0.29, 0.717) is 12.0 Å². The normalized spacial score (nSPS) is 18.9. The first-order valence-electron chi connectivity index (χ1n) is 4.99. The molecule has 0 saturated heterocycles. The Balaban J connectivity index is 2.49. The Morgan fingerprint density at radius 3 is 2.53 bits per heavy atom. The summed E-state index contributed by atoms with van der Waals surface area (Å²) in [6.45, 7) is 0. The van der Waals surface area contributed by atoms with Crippen molar-refractivity contribution in [3.8, 4) is 0 Å². The molecule has 0 atom stereocenters. The van der Waals surface area contributed by atoms with Gasteiger partial charge >= 0.3 is 5.38 Å². The summed E-state index contributed by atoms with van der Waals surface area (Å²) in [5.74, 6) is -0.461. The molecule has 90 valence electrons. The molecule has 0 unspecified atom stereocenters. The summed E-state index contributed by atoms with van der Waals surface area (Å²) < 4.78 is 25.7. The number of benzene rings is 1. The largest absolute Gasteiger partial charge is 0.358 e. The summed E-state index contributed by atoms with van der Waals surface area (Å²) in [6, 6.07) is 6.90. The van der Waals surface area contributed by atoms with Crippen LogP contribution in [0.2, 0.25) is 0 Å². The molecular weight excluding hydrogens is 269 g/mol. The van der Waals surface area contributed by atoms with Crippen LogP contribution in [0, 0.1) is 0 Å². The summed E-state index contributed by atoms with van der Waals surface area (Å²) in [5.41, 5.74) is 1.18. The number of Topliss-reactive ketones (excluding diaryl/α,β-unsaturated/α-hetero) is 1. The summed E-state index contributed by atoms with van der Waals surface area (Å²) in [6.07, 6.45) is 0.706. The maximum atomic E-state index is 12.9. The van der Waals surface area contributed by atoms with Gasteiger partial charge in [-0.2, -0.15) is 8.78 Å². The SMILES string of the molecule is O=C1/C(=C(/Cl)C(F)(F)Cl)CCc2ccccc21. The molecule has 17 heavy (non-hydrogen) atoms. The van der Waals surface area contributed by atoms with Crippen LogP contribution in [0.3, 0.4) is 0 Å². The molecule has 1 aliphatic carbocycles. The lowest BCUT2D eigenvalue weighted by Gasteiger charge is -2.19. The quantitative estimate of drug-likeness (QED) is 0.557. The number of aryl methyl sites for hydroxylation is 1. The van der Waals surface area contributed by atoms with Gasteiger partial charge in [-0.3, -0.25) is 4.79 Å². The number of allylic oxidation sites excluding steroid dienone is 2. The van der Waals surface area contributed by atoms with E-state index in [1.807, 2.05) is 0 Å². The van der Waals surface area contributed by atoms with Gasteiger partial charge in [-0.05, 0) is 30.0 Å². The van der Waals surface area contributed by atoms with E-state index in [4.69, 9.17) is 23.2 Å². The molecule has 0 bridgehead atoms. The van der Waals surface area contributed by atoms with Gasteiger partial charge in [-0.25, -0.2) is 0 Å². The molecule has 0 saturated carbocycles. The van der Waals surface area contributed by atoms with Gasteiger partial charge in [0.05, 0.1) is 0 Å². The molecule has 5 heteroatoms. The Hall–Kier alpha value is -0.930. The van der Waals surface area contributed by atoms with Crippen LogP contribution in [0.5, 0.6) is 0 Å². The third kappa shape index (κ3) is 2.35. The van der Waals surface area contributed by atoms with Gasteiger partial charge in [0.15, 0.2) is 5.78 Å². The van der Waals surface area contributed by atoms with Crippen LogP contribution in [-0.4, -0.2) is 11.2 Å². The van der Waals surface area contributed by atoms with Gasteiger partial charge in [0.1, 0.15) is 5.03 Å². The van der Waals surface area contributed by atoms with Crippen molar-refractivity contribution in [2.75, 3.05) is 0 Å². The van der Waals surface area contributed by atoms with E-state index in [-0.39, 0.29) is 12.0 Å². The van der Waals surface area contributed by atoms with Crippen molar-refractivity contribution in [1.29, 1.82) is 0 Å². The molecule has 2 rings (SSSR count). The standard InChI is InChI=1S/C12H8Cl2F2O/c13-11(12(14,15)16)9-6-5-7-3-1-2-4-8(7)10(9)17/h1-4H,5-6H2/b11-9+. The van der Waals surface area contributed by atoms with Crippen molar-refractivity contribution in [1.82, 2.24) is 0 Å². The lowest BCUT2D eigenvalue weighted by Crippen LogP contribution is -2.19. The molecule has 0 spiro atoms. The molecule has 0 N–H and O–H groups in total. The van der Waals surface area contributed by atoms with Crippen LogP contribution < -0.4 is 0 Å². The van der Waals surface area contributed by atoms with Crippen molar-refractivity contribution in [2.45, 2.75) is 18.2 Å². The zero-order chi connectivity index (χ0) is 12.6. The highest BCUT2D eigenvalue weighted by Crippen LogP contribution is 2.38. The fourth-order valence-corrected chi connectivity index (χ4v) is 2.17. The first-order valence-corrected chi connectivity index (χ1v) is 5.75. The van der Waals surface area contributed by atoms with E-state index in [2.05, 4.69) is 0 Å². The molecule has 0 amide bonds. The molecular formula is C12H8Cl2F2O. The number of alkyl halides is 3. The first kappa shape index (κ1) is 12.5. The van der Waals surface area contributed by atoms with Gasteiger partial charge in [-0.1, -0.05) is 35.9 Å². The average Bonchev–Trinajstić information content (AvgIpc) is 2.28. The van der Waals surface area contributed by atoms with Gasteiger partial charge < -0.3 is 0 Å². The topological polar surface area (TPSA) is 17.1 Å². The zero-order valence-electron chi connectivity index (χ0n) is 8.64. The lowest BCUT2D eigenvalue weighted by molar-refractivity contribution is 0.101. The Labute approximate surface area is 107 Å². The van der Waals surface area contributed by atoms with Crippen molar-refractivity contribution in [3.63, 3.8) is 0 Å². The van der Waals surface area contributed by atoms with Crippen LogP contribution in [0.4, 0.5) is 8.78 Å². The minimum absolute atomic E-state index is 0.0923. The van der Waals surface area contributed by atoms with Gasteiger partial charge in [0.25, 0.3) is 0 Å². The third-order valence-corrected chi connectivity index (χ3v) is 3.45. The predicted molar refractivity (Wildman–Crippen MR) is 62.8 cm³/mol. The zero-order valence-corrected chi connectivity index (χ0v) is 10.2. The van der Waals surface area contributed by atoms with Crippen LogP contribution in [0.25, 0.3) is 0 Å². The number of carbonyl (C=O) groups excluding carboxylic acids is 1. The summed E-state index contributed by atoms with van der Waals surface area (Å²) in [7, 11) is 0. The Morgan fingerprint density at radius 1 is 1.24 bits per heavy atom. The second-order valence-corrected chi connectivity index (χ2v) is 4.63. The number of carbonyl (C=O) groups is 1. The highest BCUT2D eigenvalue weighted by molar-refractivity contribution is 6.40. The molecule has 0 heterocycles. The van der Waals surface area contributed by atoms with E-state index in [0.717, 1.165) is 5.56 Å². The third-order valence-electron chi connectivity index (χ3n) is 2.69. The minimum atomic E-state index is -3.68. The van der Waals surface area contributed by atoms with Gasteiger partial charge in [-0.15, -0.1) is 0 Å². The molecule has 1 aromatic carbocycles. The Kier molecular flexibility index (Phi) is 3.23. The summed E-state index contributed by atoms with van der Waals surface area (Å²) in [4.78, 5) is 12.0. The van der Waals surface area contributed by atoms with E-state index >= 15 is 0 Å². The maximum absolute atomic E-state index is 12.9. The number of hydrogen-bond acceptors (Lipinski definition) is 1. The molecule has 0 radical (unpaired) electrons. The summed E-state index contributed by atoms with van der Waals surface area (Å²) >= 11 is 10.3. The minimum Gasteiger partial charge on any atom is -0.289 e. The fourth-order valence-electron chi connectivity index (χ4n) is 1.88. The second-order valence-electron chi connectivity index (χ2n) is 3.78. The van der Waals surface area contributed by atoms with Gasteiger partial charge in [0, 0.05) is 11.1 Å². The molecule has 1 nitrogen and oxygen atoms in total. The molecule has 0 fully saturated rings. The number of rotatable bonds is 1. The van der Waals surface area contributed by atoms with Crippen molar-refractivity contribution < 1.29 is 13.6 Å². The average molecular weight is 277 g/mol. The van der Waals surface area contributed by atoms with Crippen LogP contribution >= 0.6 is 23.2 Å². The lowest BCUT2D eigenvalue weighted by atomic mass is 9.87. The second kappa shape index (κ2) is 4.39.